The Balaban J connectivity index is 2.20. The number of hydrogen-bond donors (Lipinski definition) is 1. The predicted octanol–water partition coefficient (Wildman–Crippen LogP) is 7.03. The van der Waals surface area contributed by atoms with Gasteiger partial charge in [-0.2, -0.15) is 0 Å². The zero-order valence-electron chi connectivity index (χ0n) is 20.0. The SMILES string of the molecule is CCCCCCCCCCCCCC[C@@H]1OC(C)(C)O[C@H]1C=C[C@H](CC)OC(N)=O. The van der Waals surface area contributed by atoms with Crippen molar-refractivity contribution < 1.29 is 19.0 Å². The lowest BCUT2D eigenvalue weighted by atomic mass is 10.0. The number of ether oxygens (including phenoxy) is 3. The summed E-state index contributed by atoms with van der Waals surface area (Å²) in [4.78, 5) is 11.0. The van der Waals surface area contributed by atoms with Crippen LogP contribution in [0.5, 0.6) is 0 Å². The van der Waals surface area contributed by atoms with Gasteiger partial charge in [-0.15, -0.1) is 0 Å². The van der Waals surface area contributed by atoms with Crippen molar-refractivity contribution in [2.75, 3.05) is 0 Å². The second kappa shape index (κ2) is 15.7. The highest BCUT2D eigenvalue weighted by Gasteiger charge is 2.39. The van der Waals surface area contributed by atoms with Crippen molar-refractivity contribution in [1.29, 1.82) is 0 Å². The molecular formula is C25H47NO4. The maximum Gasteiger partial charge on any atom is 0.405 e. The van der Waals surface area contributed by atoms with Crippen LogP contribution in [0.4, 0.5) is 4.79 Å². The fourth-order valence-corrected chi connectivity index (χ4v) is 4.08. The first-order chi connectivity index (χ1) is 14.4. The summed E-state index contributed by atoms with van der Waals surface area (Å²) in [5.41, 5.74) is 5.13. The first-order valence-corrected chi connectivity index (χ1v) is 12.4. The van der Waals surface area contributed by atoms with Crippen molar-refractivity contribution in [1.82, 2.24) is 0 Å². The maximum absolute atomic E-state index is 11.0. The average molecular weight is 426 g/mol. The van der Waals surface area contributed by atoms with Crippen LogP contribution in [0.2, 0.25) is 0 Å². The molecule has 0 unspecified atom stereocenters. The molecule has 3 atom stereocenters. The van der Waals surface area contributed by atoms with Crippen molar-refractivity contribution in [3.8, 4) is 0 Å². The first kappa shape index (κ1) is 27.0. The number of carbonyl (C=O) groups excluding carboxylic acids is 1. The van der Waals surface area contributed by atoms with Crippen LogP contribution in [0.1, 0.15) is 118 Å². The number of unbranched alkanes of at least 4 members (excludes halogenated alkanes) is 11. The molecule has 1 fully saturated rings. The Bertz CT molecular complexity index is 478. The van der Waals surface area contributed by atoms with Gasteiger partial charge in [0.15, 0.2) is 5.79 Å². The third-order valence-corrected chi connectivity index (χ3v) is 5.75. The molecule has 30 heavy (non-hydrogen) atoms. The second-order valence-corrected chi connectivity index (χ2v) is 9.08. The molecule has 0 aromatic rings. The highest BCUT2D eigenvalue weighted by molar-refractivity contribution is 5.65. The second-order valence-electron chi connectivity index (χ2n) is 9.08. The molecule has 1 aliphatic rings. The lowest BCUT2D eigenvalue weighted by molar-refractivity contribution is -0.143. The van der Waals surface area contributed by atoms with E-state index in [4.69, 9.17) is 19.9 Å². The summed E-state index contributed by atoms with van der Waals surface area (Å²) >= 11 is 0. The molecule has 176 valence electrons. The topological polar surface area (TPSA) is 70.8 Å². The van der Waals surface area contributed by atoms with E-state index < -0.39 is 11.9 Å². The summed E-state index contributed by atoms with van der Waals surface area (Å²) in [5.74, 6) is -0.580. The van der Waals surface area contributed by atoms with E-state index in [9.17, 15) is 4.79 Å². The van der Waals surface area contributed by atoms with Crippen molar-refractivity contribution in [2.45, 2.75) is 142 Å². The van der Waals surface area contributed by atoms with Gasteiger partial charge in [-0.25, -0.2) is 4.79 Å². The molecule has 2 N–H and O–H groups in total. The van der Waals surface area contributed by atoms with Gasteiger partial charge >= 0.3 is 6.09 Å². The normalized spacial score (nSPS) is 21.9. The zero-order valence-corrected chi connectivity index (χ0v) is 20.0. The maximum atomic E-state index is 11.0. The molecule has 0 bridgehead atoms. The van der Waals surface area contributed by atoms with Crippen molar-refractivity contribution in [3.05, 3.63) is 12.2 Å². The largest absolute Gasteiger partial charge is 0.442 e. The van der Waals surface area contributed by atoms with Gasteiger partial charge in [0, 0.05) is 0 Å². The molecule has 5 heteroatoms. The Hall–Kier alpha value is -1.07. The van der Waals surface area contributed by atoms with Gasteiger partial charge in [0.1, 0.15) is 12.2 Å². The lowest BCUT2D eigenvalue weighted by Gasteiger charge is -2.16. The highest BCUT2D eigenvalue weighted by Crippen LogP contribution is 2.32. The minimum atomic E-state index is -0.747. The summed E-state index contributed by atoms with van der Waals surface area (Å²) in [6.45, 7) is 8.13. The Kier molecular flexibility index (Phi) is 14.1. The van der Waals surface area contributed by atoms with Gasteiger partial charge in [-0.1, -0.05) is 97.0 Å². The van der Waals surface area contributed by atoms with E-state index in [1.807, 2.05) is 32.9 Å². The average Bonchev–Trinajstić information content (AvgIpc) is 2.99. The monoisotopic (exact) mass is 425 g/mol. The molecular weight excluding hydrogens is 378 g/mol. The number of amides is 1. The molecule has 0 radical (unpaired) electrons. The molecule has 0 aromatic heterocycles. The van der Waals surface area contributed by atoms with E-state index in [2.05, 4.69) is 6.92 Å². The van der Waals surface area contributed by atoms with Crippen LogP contribution < -0.4 is 5.73 Å². The van der Waals surface area contributed by atoms with Gasteiger partial charge in [0.05, 0.1) is 6.10 Å². The number of nitrogens with two attached hydrogens (primary N) is 1. The van der Waals surface area contributed by atoms with Crippen LogP contribution in [-0.4, -0.2) is 30.2 Å². The van der Waals surface area contributed by atoms with Crippen LogP contribution in [0.15, 0.2) is 12.2 Å². The third-order valence-electron chi connectivity index (χ3n) is 5.75. The molecule has 0 aliphatic carbocycles. The first-order valence-electron chi connectivity index (χ1n) is 12.4. The Morgan fingerprint density at radius 2 is 1.47 bits per heavy atom. The fourth-order valence-electron chi connectivity index (χ4n) is 4.08. The van der Waals surface area contributed by atoms with Crippen LogP contribution in [0.3, 0.4) is 0 Å². The zero-order chi connectivity index (χ0) is 22.2. The van der Waals surface area contributed by atoms with Gasteiger partial charge in [0.2, 0.25) is 0 Å². The molecule has 1 amide bonds. The summed E-state index contributed by atoms with van der Waals surface area (Å²) < 4.78 is 17.2. The van der Waals surface area contributed by atoms with Crippen LogP contribution in [0, 0.1) is 0 Å². The molecule has 5 nitrogen and oxygen atoms in total. The van der Waals surface area contributed by atoms with E-state index in [0.717, 1.165) is 12.8 Å². The molecule has 0 saturated carbocycles. The minimum Gasteiger partial charge on any atom is -0.442 e. The number of rotatable bonds is 17. The Morgan fingerprint density at radius 3 is 1.97 bits per heavy atom. The van der Waals surface area contributed by atoms with Gasteiger partial charge in [-0.3, -0.25) is 0 Å². The van der Waals surface area contributed by atoms with Crippen molar-refractivity contribution in [3.63, 3.8) is 0 Å². The molecule has 1 saturated heterocycles. The Labute approximate surface area is 185 Å². The highest BCUT2D eigenvalue weighted by atomic mass is 16.7. The minimum absolute atomic E-state index is 0.0467. The molecule has 1 rings (SSSR count). The number of carbonyl (C=O) groups is 1. The van der Waals surface area contributed by atoms with Gasteiger partial charge in [0.25, 0.3) is 0 Å². The number of hydrogen-bond acceptors (Lipinski definition) is 4. The fraction of sp³-hybridized carbons (Fsp3) is 0.880. The standard InChI is InChI=1S/C25H47NO4/c1-5-7-8-9-10-11-12-13-14-15-16-17-18-22-23(30-25(3,4)29-22)20-19-21(6-2)28-24(26)27/h19-23H,5-18H2,1-4H3,(H2,26,27)/t21-,22-,23-/m0/s1. The quantitative estimate of drug-likeness (QED) is 0.201. The van der Waals surface area contributed by atoms with Crippen LogP contribution in [-0.2, 0) is 14.2 Å². The lowest BCUT2D eigenvalue weighted by Crippen LogP contribution is -2.23. The van der Waals surface area contributed by atoms with Crippen LogP contribution >= 0.6 is 0 Å². The van der Waals surface area contributed by atoms with Gasteiger partial charge < -0.3 is 19.9 Å². The smallest absolute Gasteiger partial charge is 0.405 e. The van der Waals surface area contributed by atoms with E-state index >= 15 is 0 Å². The molecule has 0 spiro atoms. The summed E-state index contributed by atoms with van der Waals surface area (Å²) in [7, 11) is 0. The summed E-state index contributed by atoms with van der Waals surface area (Å²) in [6, 6.07) is 0. The van der Waals surface area contributed by atoms with Gasteiger partial charge in [-0.05, 0) is 32.8 Å². The third kappa shape index (κ3) is 12.6. The predicted molar refractivity (Wildman–Crippen MR) is 123 cm³/mol. The van der Waals surface area contributed by atoms with E-state index in [0.29, 0.717) is 6.42 Å². The Morgan fingerprint density at radius 1 is 0.933 bits per heavy atom. The van der Waals surface area contributed by atoms with Crippen molar-refractivity contribution >= 4 is 6.09 Å². The van der Waals surface area contributed by atoms with Crippen molar-refractivity contribution in [2.24, 2.45) is 5.73 Å². The van der Waals surface area contributed by atoms with Crippen LogP contribution in [0.25, 0.3) is 0 Å². The van der Waals surface area contributed by atoms with E-state index in [1.54, 1.807) is 0 Å². The number of primary amides is 1. The molecule has 1 heterocycles. The van der Waals surface area contributed by atoms with E-state index in [1.165, 1.54) is 70.6 Å². The summed E-state index contributed by atoms with van der Waals surface area (Å²) in [6.07, 6.45) is 20.5. The molecule has 0 aromatic carbocycles. The molecule has 1 aliphatic heterocycles. The summed E-state index contributed by atoms with van der Waals surface area (Å²) in [5, 5.41) is 0. The van der Waals surface area contributed by atoms with E-state index in [-0.39, 0.29) is 18.3 Å².